The molecule has 0 aromatic carbocycles. The summed E-state index contributed by atoms with van der Waals surface area (Å²) in [5.74, 6) is -0.894. The Hall–Kier alpha value is -1.69. The standard InChI is InChI=1S/C11H12O5S/c1-2-15-11(14)16-10(13)6-5-8(12)9-4-3-7-17-9/h3-4,7H,2,5-6H2,1H3. The summed E-state index contributed by atoms with van der Waals surface area (Å²) in [6, 6.07) is 3.44. The molecular formula is C11H12O5S. The molecule has 1 rings (SSSR count). The van der Waals surface area contributed by atoms with E-state index in [0.717, 1.165) is 0 Å². The molecule has 0 atom stereocenters. The van der Waals surface area contributed by atoms with Gasteiger partial charge in [-0.2, -0.15) is 0 Å². The number of rotatable bonds is 5. The van der Waals surface area contributed by atoms with Crippen molar-refractivity contribution in [1.82, 2.24) is 0 Å². The van der Waals surface area contributed by atoms with Crippen molar-refractivity contribution in [3.8, 4) is 0 Å². The van der Waals surface area contributed by atoms with E-state index >= 15 is 0 Å². The van der Waals surface area contributed by atoms with Crippen LogP contribution < -0.4 is 0 Å². The number of hydrogen-bond acceptors (Lipinski definition) is 6. The first-order valence-electron chi connectivity index (χ1n) is 5.07. The summed E-state index contributed by atoms with van der Waals surface area (Å²) >= 11 is 1.31. The van der Waals surface area contributed by atoms with Gasteiger partial charge in [-0.05, 0) is 18.4 Å². The van der Waals surface area contributed by atoms with E-state index in [1.54, 1.807) is 24.4 Å². The van der Waals surface area contributed by atoms with Crippen LogP contribution in [-0.2, 0) is 14.3 Å². The number of ketones is 1. The largest absolute Gasteiger partial charge is 0.516 e. The molecule has 1 aromatic rings. The Morgan fingerprint density at radius 1 is 1.29 bits per heavy atom. The van der Waals surface area contributed by atoms with Crippen LogP contribution in [0.1, 0.15) is 29.4 Å². The van der Waals surface area contributed by atoms with Gasteiger partial charge < -0.3 is 9.47 Å². The van der Waals surface area contributed by atoms with Gasteiger partial charge in [0.2, 0.25) is 0 Å². The molecule has 1 heterocycles. The molecule has 1 aromatic heterocycles. The highest BCUT2D eigenvalue weighted by Gasteiger charge is 2.14. The molecule has 0 N–H and O–H groups in total. The van der Waals surface area contributed by atoms with Crippen molar-refractivity contribution >= 4 is 29.2 Å². The van der Waals surface area contributed by atoms with Gasteiger partial charge in [0, 0.05) is 6.42 Å². The average molecular weight is 256 g/mol. The van der Waals surface area contributed by atoms with E-state index in [2.05, 4.69) is 9.47 Å². The number of esters is 1. The van der Waals surface area contributed by atoms with Gasteiger partial charge in [0.05, 0.1) is 17.9 Å². The van der Waals surface area contributed by atoms with Crippen molar-refractivity contribution in [3.63, 3.8) is 0 Å². The molecule has 6 heteroatoms. The van der Waals surface area contributed by atoms with Crippen LogP contribution in [-0.4, -0.2) is 24.5 Å². The molecule has 0 fully saturated rings. The molecule has 92 valence electrons. The summed E-state index contributed by atoms with van der Waals surface area (Å²) in [6.45, 7) is 1.74. The highest BCUT2D eigenvalue weighted by molar-refractivity contribution is 7.12. The van der Waals surface area contributed by atoms with E-state index in [1.165, 1.54) is 11.3 Å². The van der Waals surface area contributed by atoms with Crippen LogP contribution >= 0.6 is 11.3 Å². The summed E-state index contributed by atoms with van der Waals surface area (Å²) in [5.41, 5.74) is 0. The third-order valence-electron chi connectivity index (χ3n) is 1.81. The van der Waals surface area contributed by atoms with Crippen LogP contribution in [0.4, 0.5) is 4.79 Å². The van der Waals surface area contributed by atoms with Crippen molar-refractivity contribution in [2.75, 3.05) is 6.61 Å². The first kappa shape index (κ1) is 13.4. The number of ether oxygens (including phenoxy) is 2. The number of Topliss-reactive ketones (excluding diaryl/α,β-unsaturated/α-hetero) is 1. The molecule has 0 amide bonds. The zero-order valence-corrected chi connectivity index (χ0v) is 10.1. The van der Waals surface area contributed by atoms with Crippen LogP contribution in [0.5, 0.6) is 0 Å². The summed E-state index contributed by atoms with van der Waals surface area (Å²) in [4.78, 5) is 34.0. The molecule has 0 aliphatic carbocycles. The highest BCUT2D eigenvalue weighted by atomic mass is 32.1. The van der Waals surface area contributed by atoms with Crippen LogP contribution in [0.3, 0.4) is 0 Å². The quantitative estimate of drug-likeness (QED) is 0.459. The van der Waals surface area contributed by atoms with E-state index in [1.807, 2.05) is 0 Å². The second-order valence-electron chi connectivity index (χ2n) is 3.06. The Kier molecular flexibility index (Phi) is 5.35. The van der Waals surface area contributed by atoms with Gasteiger partial charge in [-0.3, -0.25) is 9.59 Å². The molecule has 5 nitrogen and oxygen atoms in total. The average Bonchev–Trinajstić information content (AvgIpc) is 2.79. The molecule has 0 aliphatic heterocycles. The second-order valence-corrected chi connectivity index (χ2v) is 4.01. The zero-order chi connectivity index (χ0) is 12.7. The lowest BCUT2D eigenvalue weighted by Crippen LogP contribution is -2.14. The molecule has 0 radical (unpaired) electrons. The molecule has 0 aliphatic rings. The topological polar surface area (TPSA) is 69.7 Å². The third kappa shape index (κ3) is 4.78. The Balaban J connectivity index is 2.29. The lowest BCUT2D eigenvalue weighted by Gasteiger charge is -2.01. The number of hydrogen-bond donors (Lipinski definition) is 0. The second kappa shape index (κ2) is 6.80. The van der Waals surface area contributed by atoms with Gasteiger partial charge in [-0.15, -0.1) is 11.3 Å². The van der Waals surface area contributed by atoms with Crippen molar-refractivity contribution in [2.45, 2.75) is 19.8 Å². The normalized spacial score (nSPS) is 9.71. The summed E-state index contributed by atoms with van der Waals surface area (Å²) in [7, 11) is 0. The maximum Gasteiger partial charge on any atom is 0.516 e. The minimum Gasteiger partial charge on any atom is -0.434 e. The number of carbonyl (C=O) groups is 3. The fraction of sp³-hybridized carbons (Fsp3) is 0.364. The Morgan fingerprint density at radius 2 is 2.06 bits per heavy atom. The van der Waals surface area contributed by atoms with Crippen molar-refractivity contribution in [1.29, 1.82) is 0 Å². The molecule has 17 heavy (non-hydrogen) atoms. The predicted molar refractivity (Wildman–Crippen MR) is 61.0 cm³/mol. The summed E-state index contributed by atoms with van der Waals surface area (Å²) < 4.78 is 8.74. The predicted octanol–water partition coefficient (Wildman–Crippen LogP) is 2.41. The van der Waals surface area contributed by atoms with Gasteiger partial charge in [0.15, 0.2) is 5.78 Å². The summed E-state index contributed by atoms with van der Waals surface area (Å²) in [6.07, 6.45) is -1.13. The van der Waals surface area contributed by atoms with E-state index in [0.29, 0.717) is 4.88 Å². The fourth-order valence-electron chi connectivity index (χ4n) is 1.07. The van der Waals surface area contributed by atoms with Crippen LogP contribution in [0, 0.1) is 0 Å². The minimum absolute atomic E-state index is 0.0265. The molecule has 0 saturated heterocycles. The minimum atomic E-state index is -1.03. The molecule has 0 bridgehead atoms. The maximum absolute atomic E-state index is 11.5. The first-order chi connectivity index (χ1) is 8.13. The monoisotopic (exact) mass is 256 g/mol. The first-order valence-corrected chi connectivity index (χ1v) is 5.95. The highest BCUT2D eigenvalue weighted by Crippen LogP contribution is 2.12. The molecule has 0 saturated carbocycles. The van der Waals surface area contributed by atoms with Crippen molar-refractivity contribution in [2.24, 2.45) is 0 Å². The lowest BCUT2D eigenvalue weighted by molar-refractivity contribution is -0.139. The fourth-order valence-corrected chi connectivity index (χ4v) is 1.76. The molecule has 0 unspecified atom stereocenters. The van der Waals surface area contributed by atoms with Crippen LogP contribution in [0.2, 0.25) is 0 Å². The van der Waals surface area contributed by atoms with Gasteiger partial charge in [0.1, 0.15) is 0 Å². The number of carbonyl (C=O) groups excluding carboxylic acids is 3. The van der Waals surface area contributed by atoms with Gasteiger partial charge in [-0.1, -0.05) is 6.07 Å². The SMILES string of the molecule is CCOC(=O)OC(=O)CCC(=O)c1cccs1. The number of thiophene rings is 1. The summed E-state index contributed by atoms with van der Waals surface area (Å²) in [5, 5.41) is 1.78. The maximum atomic E-state index is 11.5. The Labute approximate surface area is 102 Å². The van der Waals surface area contributed by atoms with E-state index in [4.69, 9.17) is 0 Å². The zero-order valence-electron chi connectivity index (χ0n) is 9.30. The van der Waals surface area contributed by atoms with E-state index in [9.17, 15) is 14.4 Å². The Bertz CT molecular complexity index is 396. The Morgan fingerprint density at radius 3 is 2.65 bits per heavy atom. The third-order valence-corrected chi connectivity index (χ3v) is 2.72. The van der Waals surface area contributed by atoms with Gasteiger partial charge in [-0.25, -0.2) is 4.79 Å². The smallest absolute Gasteiger partial charge is 0.434 e. The molecular weight excluding hydrogens is 244 g/mol. The van der Waals surface area contributed by atoms with Crippen molar-refractivity contribution < 1.29 is 23.9 Å². The van der Waals surface area contributed by atoms with Gasteiger partial charge in [0.25, 0.3) is 0 Å². The van der Waals surface area contributed by atoms with Crippen LogP contribution in [0.15, 0.2) is 17.5 Å². The van der Waals surface area contributed by atoms with Crippen LogP contribution in [0.25, 0.3) is 0 Å². The lowest BCUT2D eigenvalue weighted by atomic mass is 10.2. The van der Waals surface area contributed by atoms with E-state index in [-0.39, 0.29) is 25.2 Å². The van der Waals surface area contributed by atoms with Crippen molar-refractivity contribution in [3.05, 3.63) is 22.4 Å². The van der Waals surface area contributed by atoms with Gasteiger partial charge >= 0.3 is 12.1 Å². The molecule has 0 spiro atoms. The van der Waals surface area contributed by atoms with E-state index < -0.39 is 12.1 Å².